The number of hydroxylamine groups is 4. The SMILES string of the molecule is CC(=O)N[C@@H](CCCN(O)C(=O)[C@H](CO)NC(=O)[C@@H](CO)NC(=O)[C@H](CCCN)NC(=O)[C@@H](CO)NC(=O)c1cccc(O)c1O)C(=O)N[C@H]1CCCN(O)C1=O. The number of para-hydroxylation sites is 1. The van der Waals surface area contributed by atoms with Gasteiger partial charge in [-0.1, -0.05) is 6.07 Å². The van der Waals surface area contributed by atoms with Crippen LogP contribution in [0, 0.1) is 0 Å². The van der Waals surface area contributed by atoms with E-state index in [-0.39, 0.29) is 50.3 Å². The fraction of sp³-hybridized carbons (Fsp3) is 0.576. The molecule has 0 saturated carbocycles. The number of carbonyl (C=O) groups is 8. The molecule has 24 heteroatoms. The molecular weight excluding hydrogens is 762 g/mol. The highest BCUT2D eigenvalue weighted by Crippen LogP contribution is 2.28. The molecule has 1 aromatic rings. The average molecular weight is 814 g/mol. The maximum atomic E-state index is 13.2. The molecule has 0 aromatic heterocycles. The summed E-state index contributed by atoms with van der Waals surface area (Å²) >= 11 is 0. The van der Waals surface area contributed by atoms with Gasteiger partial charge < -0.3 is 63.2 Å². The monoisotopic (exact) mass is 813 g/mol. The standard InChI is InChI=1S/C33H51N9O15/c1-17(46)35-19(28(50)37-21-9-5-13-41(56)32(21)54)8-4-12-42(57)33(55)24(16-45)40-31(53)23(15-44)39-29(51)20(7-3-11-34)36-30(52)22(14-43)38-27(49)18-6-2-10-25(47)26(18)48/h2,6,10,19-24,43-45,47-48,56-57H,3-5,7-9,11-16,34H2,1H3,(H,35,46)(H,36,52)(H,37,50)(H,38,49)(H,39,51)(H,40,53)/t19-,20-,21-,22+,23+,24-/m0/s1. The summed E-state index contributed by atoms with van der Waals surface area (Å²) in [5, 5.41) is 83.3. The summed E-state index contributed by atoms with van der Waals surface area (Å²) < 4.78 is 0. The van der Waals surface area contributed by atoms with Crippen LogP contribution < -0.4 is 37.6 Å². The van der Waals surface area contributed by atoms with Gasteiger partial charge in [-0.15, -0.1) is 0 Å². The Bertz CT molecular complexity index is 1600. The summed E-state index contributed by atoms with van der Waals surface area (Å²) in [6.45, 7) is -2.29. The Hall–Kier alpha value is -5.66. The molecule has 0 spiro atoms. The molecule has 0 bridgehead atoms. The number of aromatic hydroxyl groups is 2. The van der Waals surface area contributed by atoms with Crippen LogP contribution in [0.15, 0.2) is 18.2 Å². The molecular formula is C33H51N9O15. The highest BCUT2D eigenvalue weighted by molar-refractivity contribution is 6.01. The van der Waals surface area contributed by atoms with Crippen LogP contribution in [0.2, 0.25) is 0 Å². The summed E-state index contributed by atoms with van der Waals surface area (Å²) in [4.78, 5) is 101. The quantitative estimate of drug-likeness (QED) is 0.0295. The Kier molecular flexibility index (Phi) is 19.5. The van der Waals surface area contributed by atoms with Crippen LogP contribution in [0.3, 0.4) is 0 Å². The largest absolute Gasteiger partial charge is 0.504 e. The highest BCUT2D eigenvalue weighted by Gasteiger charge is 2.34. The Labute approximate surface area is 325 Å². The molecule has 6 atom stereocenters. The topological polar surface area (TPSA) is 383 Å². The Morgan fingerprint density at radius 3 is 1.95 bits per heavy atom. The van der Waals surface area contributed by atoms with Gasteiger partial charge in [-0.3, -0.25) is 48.8 Å². The smallest absolute Gasteiger partial charge is 0.270 e. The third-order valence-electron chi connectivity index (χ3n) is 8.55. The number of amides is 8. The van der Waals surface area contributed by atoms with E-state index >= 15 is 0 Å². The zero-order valence-electron chi connectivity index (χ0n) is 31.0. The number of nitrogens with one attached hydrogen (secondary N) is 6. The number of aliphatic hydroxyl groups excluding tert-OH is 3. The van der Waals surface area contributed by atoms with Gasteiger partial charge in [0, 0.05) is 20.0 Å². The normalized spacial score (nSPS) is 16.5. The van der Waals surface area contributed by atoms with Crippen molar-refractivity contribution >= 4 is 47.3 Å². The first kappa shape index (κ1) is 47.5. The van der Waals surface area contributed by atoms with Gasteiger partial charge in [0.25, 0.3) is 17.7 Å². The van der Waals surface area contributed by atoms with Crippen molar-refractivity contribution in [3.05, 3.63) is 23.8 Å². The molecule has 1 saturated heterocycles. The lowest BCUT2D eigenvalue weighted by molar-refractivity contribution is -0.173. The number of aliphatic hydroxyl groups is 3. The number of phenols is 2. The van der Waals surface area contributed by atoms with Crippen LogP contribution in [0.25, 0.3) is 0 Å². The number of benzene rings is 1. The maximum Gasteiger partial charge on any atom is 0.270 e. The van der Waals surface area contributed by atoms with Gasteiger partial charge in [0.05, 0.1) is 25.4 Å². The molecule has 0 aliphatic carbocycles. The number of phenolic OH excluding ortho intramolecular Hbond substituents is 2. The third-order valence-corrected chi connectivity index (χ3v) is 8.55. The molecule has 1 aliphatic rings. The van der Waals surface area contributed by atoms with Crippen molar-refractivity contribution in [2.24, 2.45) is 5.73 Å². The molecule has 1 aliphatic heterocycles. The van der Waals surface area contributed by atoms with Crippen molar-refractivity contribution in [3.63, 3.8) is 0 Å². The molecule has 318 valence electrons. The highest BCUT2D eigenvalue weighted by atomic mass is 16.5. The van der Waals surface area contributed by atoms with Gasteiger partial charge in [0.1, 0.15) is 36.3 Å². The minimum Gasteiger partial charge on any atom is -0.504 e. The van der Waals surface area contributed by atoms with Crippen molar-refractivity contribution in [2.75, 3.05) is 39.5 Å². The lowest BCUT2D eigenvalue weighted by atomic mass is 10.0. The minimum absolute atomic E-state index is 0.0461. The van der Waals surface area contributed by atoms with Crippen LogP contribution in [0.1, 0.15) is 55.8 Å². The zero-order valence-corrected chi connectivity index (χ0v) is 31.0. The number of piperidine rings is 1. The first-order valence-corrected chi connectivity index (χ1v) is 17.8. The number of nitrogens with two attached hydrogens (primary N) is 1. The molecule has 24 nitrogen and oxygen atoms in total. The Morgan fingerprint density at radius 2 is 1.35 bits per heavy atom. The average Bonchev–Trinajstić information content (AvgIpc) is 3.17. The second-order valence-corrected chi connectivity index (χ2v) is 12.9. The number of hydrogen-bond acceptors (Lipinski definition) is 16. The fourth-order valence-electron chi connectivity index (χ4n) is 5.45. The molecule has 0 radical (unpaired) electrons. The number of hydrogen-bond donors (Lipinski definition) is 14. The summed E-state index contributed by atoms with van der Waals surface area (Å²) in [6.07, 6.45) is 0.400. The predicted molar refractivity (Wildman–Crippen MR) is 191 cm³/mol. The minimum atomic E-state index is -1.81. The second kappa shape index (κ2) is 23.4. The van der Waals surface area contributed by atoms with E-state index in [4.69, 9.17) is 5.73 Å². The van der Waals surface area contributed by atoms with Crippen molar-refractivity contribution < 1.29 is 74.3 Å². The van der Waals surface area contributed by atoms with E-state index in [1.807, 2.05) is 0 Å². The maximum absolute atomic E-state index is 13.2. The van der Waals surface area contributed by atoms with Crippen LogP contribution in [-0.4, -0.2) is 169 Å². The predicted octanol–water partition coefficient (Wildman–Crippen LogP) is -5.63. The first-order chi connectivity index (χ1) is 27.0. The van der Waals surface area contributed by atoms with Gasteiger partial charge in [-0.05, 0) is 57.2 Å². The van der Waals surface area contributed by atoms with E-state index < -0.39 is 127 Å². The number of rotatable bonds is 22. The summed E-state index contributed by atoms with van der Waals surface area (Å²) in [6, 6.07) is -5.49. The van der Waals surface area contributed by atoms with Gasteiger partial charge in [-0.25, -0.2) is 10.1 Å². The summed E-state index contributed by atoms with van der Waals surface area (Å²) in [7, 11) is 0. The van der Waals surface area contributed by atoms with E-state index in [0.29, 0.717) is 11.5 Å². The fourth-order valence-corrected chi connectivity index (χ4v) is 5.45. The van der Waals surface area contributed by atoms with Crippen LogP contribution >= 0.6 is 0 Å². The van der Waals surface area contributed by atoms with Gasteiger partial charge >= 0.3 is 0 Å². The van der Waals surface area contributed by atoms with Gasteiger partial charge in [0.15, 0.2) is 11.5 Å². The van der Waals surface area contributed by atoms with E-state index in [0.717, 1.165) is 19.1 Å². The molecule has 1 fully saturated rings. The summed E-state index contributed by atoms with van der Waals surface area (Å²) in [5.41, 5.74) is 5.12. The van der Waals surface area contributed by atoms with E-state index in [9.17, 15) is 74.3 Å². The number of nitrogens with zero attached hydrogens (tertiary/aromatic N) is 2. The molecule has 57 heavy (non-hydrogen) atoms. The van der Waals surface area contributed by atoms with Crippen LogP contribution in [-0.2, 0) is 33.6 Å². The van der Waals surface area contributed by atoms with Crippen molar-refractivity contribution in [1.82, 2.24) is 42.0 Å². The van der Waals surface area contributed by atoms with Gasteiger partial charge in [0.2, 0.25) is 29.5 Å². The van der Waals surface area contributed by atoms with Crippen molar-refractivity contribution in [2.45, 2.75) is 81.7 Å². The van der Waals surface area contributed by atoms with Crippen molar-refractivity contribution in [3.8, 4) is 11.5 Å². The second-order valence-electron chi connectivity index (χ2n) is 12.9. The lowest BCUT2D eigenvalue weighted by Crippen LogP contribution is -2.60. The van der Waals surface area contributed by atoms with Crippen LogP contribution in [0.5, 0.6) is 11.5 Å². The molecule has 1 aromatic carbocycles. The molecule has 0 unspecified atom stereocenters. The van der Waals surface area contributed by atoms with Crippen molar-refractivity contribution in [1.29, 1.82) is 0 Å². The molecule has 2 rings (SSSR count). The molecule has 1 heterocycles. The van der Waals surface area contributed by atoms with E-state index in [2.05, 4.69) is 31.9 Å². The number of carbonyl (C=O) groups excluding carboxylic acids is 8. The Morgan fingerprint density at radius 1 is 0.807 bits per heavy atom. The molecule has 8 amide bonds. The van der Waals surface area contributed by atoms with Gasteiger partial charge in [-0.2, -0.15) is 0 Å². The zero-order chi connectivity index (χ0) is 42.8. The Balaban J connectivity index is 2.02. The molecule has 15 N–H and O–H groups in total. The summed E-state index contributed by atoms with van der Waals surface area (Å²) in [5.74, 6) is -9.13. The van der Waals surface area contributed by atoms with Crippen LogP contribution in [0.4, 0.5) is 0 Å². The lowest BCUT2D eigenvalue weighted by Gasteiger charge is -2.29. The first-order valence-electron chi connectivity index (χ1n) is 17.8. The third kappa shape index (κ3) is 14.4. The van der Waals surface area contributed by atoms with E-state index in [1.165, 1.54) is 6.07 Å². The van der Waals surface area contributed by atoms with E-state index in [1.54, 1.807) is 0 Å².